The Balaban J connectivity index is 1.26. The highest BCUT2D eigenvalue weighted by molar-refractivity contribution is 5.94. The zero-order valence-electron chi connectivity index (χ0n) is 16.1. The molecule has 2 amide bonds. The van der Waals surface area contributed by atoms with Gasteiger partial charge in [0.15, 0.2) is 0 Å². The molecule has 27 heavy (non-hydrogen) atoms. The number of piperidine rings is 1. The van der Waals surface area contributed by atoms with Crippen molar-refractivity contribution < 1.29 is 9.59 Å². The van der Waals surface area contributed by atoms with Gasteiger partial charge in [0.25, 0.3) is 5.91 Å². The van der Waals surface area contributed by atoms with Crippen LogP contribution in [-0.4, -0.2) is 40.8 Å². The molecule has 1 saturated carbocycles. The van der Waals surface area contributed by atoms with E-state index in [1.807, 2.05) is 0 Å². The number of hydrogen-bond acceptors (Lipinski definition) is 3. The Hall–Kier alpha value is -2.17. The van der Waals surface area contributed by atoms with E-state index in [4.69, 9.17) is 0 Å². The lowest BCUT2D eigenvalue weighted by Gasteiger charge is -2.53. The maximum Gasteiger partial charge on any atom is 0.253 e. The Labute approximate surface area is 161 Å². The van der Waals surface area contributed by atoms with E-state index in [2.05, 4.69) is 34.3 Å². The minimum Gasteiger partial charge on any atom is -0.349 e. The molecule has 1 aliphatic heterocycles. The monoisotopic (exact) mass is 367 g/mol. The number of allylic oxidation sites excluding steroid dienone is 2. The molecule has 1 unspecified atom stereocenters. The van der Waals surface area contributed by atoms with E-state index in [0.717, 1.165) is 58.0 Å². The van der Waals surface area contributed by atoms with Crippen LogP contribution >= 0.6 is 0 Å². The van der Waals surface area contributed by atoms with Gasteiger partial charge in [-0.25, -0.2) is 0 Å². The van der Waals surface area contributed by atoms with Crippen LogP contribution in [-0.2, 0) is 4.79 Å². The smallest absolute Gasteiger partial charge is 0.253 e. The first kappa shape index (κ1) is 18.2. The highest BCUT2D eigenvalue weighted by Crippen LogP contribution is 2.49. The molecule has 1 aromatic heterocycles. The zero-order chi connectivity index (χ0) is 18.9. The Morgan fingerprint density at radius 3 is 2.59 bits per heavy atom. The molecule has 4 rings (SSSR count). The fraction of sp³-hybridized carbons (Fsp3) is 0.591. The molecule has 5 nitrogen and oxygen atoms in total. The van der Waals surface area contributed by atoms with Crippen LogP contribution in [0.5, 0.6) is 0 Å². The molecule has 0 radical (unpaired) electrons. The predicted octanol–water partition coefficient (Wildman–Crippen LogP) is 3.33. The lowest BCUT2D eigenvalue weighted by atomic mass is 9.60. The van der Waals surface area contributed by atoms with Crippen LogP contribution in [0.3, 0.4) is 0 Å². The number of likely N-dealkylation sites (tertiary alicyclic amines) is 1. The molecule has 5 heteroatoms. The summed E-state index contributed by atoms with van der Waals surface area (Å²) in [5.41, 5.74) is 0.726. The summed E-state index contributed by atoms with van der Waals surface area (Å²) in [7, 11) is 0. The van der Waals surface area contributed by atoms with Crippen molar-refractivity contribution in [3.8, 4) is 0 Å². The van der Waals surface area contributed by atoms with E-state index in [1.54, 1.807) is 24.5 Å². The molecule has 3 aliphatic rings. The van der Waals surface area contributed by atoms with E-state index in [-0.39, 0.29) is 17.4 Å². The molecule has 1 N–H and O–H groups in total. The highest BCUT2D eigenvalue weighted by atomic mass is 16.2. The number of pyridine rings is 1. The summed E-state index contributed by atoms with van der Waals surface area (Å²) in [5, 5.41) is 3.13. The molecular weight excluding hydrogens is 338 g/mol. The standard InChI is InChI=1S/C22H29N3O2/c1-21(7-3-2-4-8-21)20(27)25-12-9-22(10-13-25)14-18(15-22)24-19(26)17-6-5-11-23-16-17/h2-3,5-6,11,16,18H,4,7-10,12-15H2,1H3,(H,24,26). The van der Waals surface area contributed by atoms with E-state index in [1.165, 1.54) is 0 Å². The van der Waals surface area contributed by atoms with Crippen molar-refractivity contribution in [2.75, 3.05) is 13.1 Å². The number of aromatic nitrogens is 1. The van der Waals surface area contributed by atoms with Gasteiger partial charge in [0.2, 0.25) is 5.91 Å². The Bertz CT molecular complexity index is 729. The first-order valence-corrected chi connectivity index (χ1v) is 10.2. The van der Waals surface area contributed by atoms with Gasteiger partial charge in [-0.1, -0.05) is 19.1 Å². The molecule has 1 spiro atoms. The molecule has 2 heterocycles. The number of nitrogens with one attached hydrogen (secondary N) is 1. The average molecular weight is 367 g/mol. The lowest BCUT2D eigenvalue weighted by molar-refractivity contribution is -0.145. The third-order valence-electron chi connectivity index (χ3n) is 6.84. The minimum atomic E-state index is -0.209. The zero-order valence-corrected chi connectivity index (χ0v) is 16.1. The van der Waals surface area contributed by atoms with Gasteiger partial charge < -0.3 is 10.2 Å². The number of carbonyl (C=O) groups is 2. The molecule has 0 bridgehead atoms. The van der Waals surface area contributed by atoms with Crippen LogP contribution in [0, 0.1) is 10.8 Å². The van der Waals surface area contributed by atoms with Crippen molar-refractivity contribution in [2.45, 2.75) is 57.9 Å². The van der Waals surface area contributed by atoms with Crippen LogP contribution in [0.25, 0.3) is 0 Å². The quantitative estimate of drug-likeness (QED) is 0.834. The normalized spacial score (nSPS) is 27.2. The molecular formula is C22H29N3O2. The molecule has 1 saturated heterocycles. The van der Waals surface area contributed by atoms with E-state index in [9.17, 15) is 9.59 Å². The number of nitrogens with zero attached hydrogens (tertiary/aromatic N) is 2. The van der Waals surface area contributed by atoms with Crippen LogP contribution in [0.15, 0.2) is 36.7 Å². The highest BCUT2D eigenvalue weighted by Gasteiger charge is 2.48. The third-order valence-corrected chi connectivity index (χ3v) is 6.84. The maximum atomic E-state index is 13.0. The summed E-state index contributed by atoms with van der Waals surface area (Å²) in [5.74, 6) is 0.302. The van der Waals surface area contributed by atoms with Crippen molar-refractivity contribution >= 4 is 11.8 Å². The van der Waals surface area contributed by atoms with Gasteiger partial charge in [0, 0.05) is 31.5 Å². The van der Waals surface area contributed by atoms with E-state index < -0.39 is 0 Å². The van der Waals surface area contributed by atoms with Gasteiger partial charge >= 0.3 is 0 Å². The lowest BCUT2D eigenvalue weighted by Crippen LogP contribution is -2.56. The Morgan fingerprint density at radius 2 is 1.96 bits per heavy atom. The van der Waals surface area contributed by atoms with E-state index in [0.29, 0.717) is 16.9 Å². The van der Waals surface area contributed by atoms with Gasteiger partial charge in [-0.3, -0.25) is 14.6 Å². The topological polar surface area (TPSA) is 62.3 Å². The summed E-state index contributed by atoms with van der Waals surface area (Å²) in [6.45, 7) is 3.85. The predicted molar refractivity (Wildman–Crippen MR) is 104 cm³/mol. The van der Waals surface area contributed by atoms with Crippen molar-refractivity contribution in [2.24, 2.45) is 10.8 Å². The van der Waals surface area contributed by atoms with Crippen molar-refractivity contribution in [3.63, 3.8) is 0 Å². The second-order valence-electron chi connectivity index (χ2n) is 8.89. The molecule has 2 fully saturated rings. The Morgan fingerprint density at radius 1 is 1.19 bits per heavy atom. The van der Waals surface area contributed by atoms with Crippen LogP contribution in [0.1, 0.15) is 62.2 Å². The minimum absolute atomic E-state index is 0.0335. The van der Waals surface area contributed by atoms with E-state index >= 15 is 0 Å². The van der Waals surface area contributed by atoms with Crippen molar-refractivity contribution in [3.05, 3.63) is 42.2 Å². The molecule has 144 valence electrons. The van der Waals surface area contributed by atoms with Gasteiger partial charge in [-0.05, 0) is 62.5 Å². The first-order valence-electron chi connectivity index (χ1n) is 10.2. The van der Waals surface area contributed by atoms with Crippen LogP contribution in [0.2, 0.25) is 0 Å². The second kappa shape index (κ2) is 7.10. The number of hydrogen-bond donors (Lipinski definition) is 1. The van der Waals surface area contributed by atoms with Crippen LogP contribution in [0.4, 0.5) is 0 Å². The Kier molecular flexibility index (Phi) is 4.79. The van der Waals surface area contributed by atoms with Crippen molar-refractivity contribution in [1.29, 1.82) is 0 Å². The fourth-order valence-electron chi connectivity index (χ4n) is 4.99. The van der Waals surface area contributed by atoms with Crippen LogP contribution < -0.4 is 5.32 Å². The number of carbonyl (C=O) groups excluding carboxylic acids is 2. The molecule has 0 aromatic carbocycles. The van der Waals surface area contributed by atoms with Gasteiger partial charge in [0.1, 0.15) is 0 Å². The molecule has 1 aromatic rings. The van der Waals surface area contributed by atoms with Gasteiger partial charge in [-0.2, -0.15) is 0 Å². The first-order chi connectivity index (χ1) is 13.0. The third kappa shape index (κ3) is 3.64. The second-order valence-corrected chi connectivity index (χ2v) is 8.89. The summed E-state index contributed by atoms with van der Waals surface area (Å²) in [6.07, 6.45) is 14.7. The van der Waals surface area contributed by atoms with Crippen molar-refractivity contribution in [1.82, 2.24) is 15.2 Å². The summed E-state index contributed by atoms with van der Waals surface area (Å²) >= 11 is 0. The number of amides is 2. The molecule has 2 aliphatic carbocycles. The fourth-order valence-corrected chi connectivity index (χ4v) is 4.99. The van der Waals surface area contributed by atoms with Gasteiger partial charge in [0.05, 0.1) is 11.0 Å². The largest absolute Gasteiger partial charge is 0.349 e. The molecule has 1 atom stereocenters. The SMILES string of the molecule is CC1(C(=O)N2CCC3(CC2)CC(NC(=O)c2cccnc2)C3)CC=CCC1. The summed E-state index contributed by atoms with van der Waals surface area (Å²) < 4.78 is 0. The average Bonchev–Trinajstić information content (AvgIpc) is 2.68. The summed E-state index contributed by atoms with van der Waals surface area (Å²) in [6, 6.07) is 3.83. The number of rotatable bonds is 3. The summed E-state index contributed by atoms with van der Waals surface area (Å²) in [4.78, 5) is 31.3. The maximum absolute atomic E-state index is 13.0. The van der Waals surface area contributed by atoms with Gasteiger partial charge in [-0.15, -0.1) is 0 Å².